The quantitative estimate of drug-likeness (QED) is 0.905. The molecule has 130 valence electrons. The Kier molecular flexibility index (Phi) is 4.90. The molecule has 2 amide bonds. The van der Waals surface area contributed by atoms with Gasteiger partial charge in [0, 0.05) is 18.7 Å². The van der Waals surface area contributed by atoms with Gasteiger partial charge in [0.2, 0.25) is 11.8 Å². The number of nitrogens with one attached hydrogen (secondary N) is 1. The van der Waals surface area contributed by atoms with E-state index in [2.05, 4.69) is 5.32 Å². The summed E-state index contributed by atoms with van der Waals surface area (Å²) in [6.07, 6.45) is 0.0318. The lowest BCUT2D eigenvalue weighted by atomic mass is 10.1. The number of benzene rings is 2. The van der Waals surface area contributed by atoms with Gasteiger partial charge in [-0.3, -0.25) is 9.59 Å². The Morgan fingerprint density at radius 3 is 2.76 bits per heavy atom. The van der Waals surface area contributed by atoms with Crippen LogP contribution in [-0.2, 0) is 9.59 Å². The highest BCUT2D eigenvalue weighted by atomic mass is 35.5. The van der Waals surface area contributed by atoms with Gasteiger partial charge < -0.3 is 15.0 Å². The fourth-order valence-electron chi connectivity index (χ4n) is 2.78. The molecule has 3 rings (SSSR count). The Bertz CT molecular complexity index is 828. The largest absolute Gasteiger partial charge is 0.495 e. The summed E-state index contributed by atoms with van der Waals surface area (Å²) in [4.78, 5) is 25.9. The highest BCUT2D eigenvalue weighted by Crippen LogP contribution is 2.30. The monoisotopic (exact) mass is 362 g/mol. The molecular formula is C18H16ClFN2O3. The molecule has 1 fully saturated rings. The third-order valence-electron chi connectivity index (χ3n) is 4.06. The van der Waals surface area contributed by atoms with Crippen molar-refractivity contribution in [3.8, 4) is 5.75 Å². The Morgan fingerprint density at radius 1 is 1.32 bits per heavy atom. The predicted octanol–water partition coefficient (Wildman–Crippen LogP) is 3.48. The van der Waals surface area contributed by atoms with Gasteiger partial charge in [0.25, 0.3) is 0 Å². The van der Waals surface area contributed by atoms with Crippen molar-refractivity contribution in [2.24, 2.45) is 5.92 Å². The van der Waals surface area contributed by atoms with Gasteiger partial charge in [0.1, 0.15) is 11.6 Å². The van der Waals surface area contributed by atoms with Crippen molar-refractivity contribution in [3.05, 3.63) is 53.3 Å². The Morgan fingerprint density at radius 2 is 2.08 bits per heavy atom. The molecule has 1 atom stereocenters. The molecule has 0 spiro atoms. The number of carbonyl (C=O) groups is 2. The minimum absolute atomic E-state index is 0.0318. The molecule has 0 saturated carbocycles. The number of rotatable bonds is 4. The molecule has 0 aliphatic carbocycles. The van der Waals surface area contributed by atoms with Gasteiger partial charge in [-0.2, -0.15) is 0 Å². The maximum atomic E-state index is 13.9. The summed E-state index contributed by atoms with van der Waals surface area (Å²) in [6, 6.07) is 10.9. The zero-order valence-corrected chi connectivity index (χ0v) is 14.2. The first-order valence-corrected chi connectivity index (χ1v) is 8.06. The number of hydrogen-bond acceptors (Lipinski definition) is 3. The van der Waals surface area contributed by atoms with E-state index < -0.39 is 11.7 Å². The van der Waals surface area contributed by atoms with Gasteiger partial charge in [-0.1, -0.05) is 23.7 Å². The number of carbonyl (C=O) groups excluding carboxylic acids is 2. The lowest BCUT2D eigenvalue weighted by Crippen LogP contribution is -2.28. The molecule has 0 aromatic heterocycles. The third kappa shape index (κ3) is 3.58. The van der Waals surface area contributed by atoms with Crippen LogP contribution in [-0.4, -0.2) is 25.5 Å². The van der Waals surface area contributed by atoms with Crippen LogP contribution in [0.25, 0.3) is 0 Å². The molecule has 1 aliphatic rings. The fourth-order valence-corrected chi connectivity index (χ4v) is 3.03. The summed E-state index contributed by atoms with van der Waals surface area (Å²) in [6.45, 7) is 0.134. The van der Waals surface area contributed by atoms with Crippen molar-refractivity contribution in [2.75, 3.05) is 23.9 Å². The summed E-state index contributed by atoms with van der Waals surface area (Å²) in [7, 11) is 1.50. The zero-order valence-electron chi connectivity index (χ0n) is 13.5. The number of methoxy groups -OCH3 is 1. The molecule has 0 bridgehead atoms. The average molecular weight is 363 g/mol. The van der Waals surface area contributed by atoms with E-state index in [0.29, 0.717) is 16.5 Å². The topological polar surface area (TPSA) is 58.6 Å². The van der Waals surface area contributed by atoms with Gasteiger partial charge in [-0.25, -0.2) is 4.39 Å². The first-order valence-electron chi connectivity index (χ1n) is 7.69. The van der Waals surface area contributed by atoms with E-state index in [9.17, 15) is 14.0 Å². The van der Waals surface area contributed by atoms with E-state index in [1.807, 2.05) is 0 Å². The molecule has 0 unspecified atom stereocenters. The van der Waals surface area contributed by atoms with Crippen molar-refractivity contribution in [1.82, 2.24) is 0 Å². The molecular weight excluding hydrogens is 347 g/mol. The molecule has 1 aliphatic heterocycles. The van der Waals surface area contributed by atoms with Gasteiger partial charge in [-0.05, 0) is 30.3 Å². The SMILES string of the molecule is COc1ccc(NC(=O)[C@@H]2CC(=O)N(c3ccccc3F)C2)cc1Cl. The molecule has 2 aromatic rings. The van der Waals surface area contributed by atoms with Crippen molar-refractivity contribution >= 4 is 34.8 Å². The number of amides is 2. The van der Waals surface area contributed by atoms with E-state index in [4.69, 9.17) is 16.3 Å². The van der Waals surface area contributed by atoms with Gasteiger partial charge in [0.15, 0.2) is 0 Å². The summed E-state index contributed by atoms with van der Waals surface area (Å²) < 4.78 is 18.9. The Balaban J connectivity index is 1.71. The molecule has 25 heavy (non-hydrogen) atoms. The normalized spacial score (nSPS) is 16.8. The van der Waals surface area contributed by atoms with Crippen molar-refractivity contribution in [1.29, 1.82) is 0 Å². The standard InChI is InChI=1S/C18H16ClFN2O3/c1-25-16-7-6-12(9-13(16)19)21-18(24)11-8-17(23)22(10-11)15-5-3-2-4-14(15)20/h2-7,9,11H,8,10H2,1H3,(H,21,24)/t11-/m1/s1. The Labute approximate surface area is 149 Å². The highest BCUT2D eigenvalue weighted by Gasteiger charge is 2.36. The van der Waals surface area contributed by atoms with Crippen molar-refractivity contribution < 1.29 is 18.7 Å². The fraction of sp³-hybridized carbons (Fsp3) is 0.222. The second kappa shape index (κ2) is 7.11. The highest BCUT2D eigenvalue weighted by molar-refractivity contribution is 6.32. The molecule has 1 heterocycles. The molecule has 1 N–H and O–H groups in total. The number of ether oxygens (including phenoxy) is 1. The van der Waals surface area contributed by atoms with E-state index >= 15 is 0 Å². The first kappa shape index (κ1) is 17.2. The molecule has 1 saturated heterocycles. The second-order valence-corrected chi connectivity index (χ2v) is 6.10. The Hall–Kier alpha value is -2.60. The maximum absolute atomic E-state index is 13.9. The van der Waals surface area contributed by atoms with Gasteiger partial charge in [0.05, 0.1) is 23.7 Å². The summed E-state index contributed by atoms with van der Waals surface area (Å²) >= 11 is 6.04. The number of nitrogens with zero attached hydrogens (tertiary/aromatic N) is 1. The summed E-state index contributed by atoms with van der Waals surface area (Å²) in [5, 5.41) is 3.10. The van der Waals surface area contributed by atoms with Crippen LogP contribution in [0.4, 0.5) is 15.8 Å². The number of halogens is 2. The average Bonchev–Trinajstić information content (AvgIpc) is 2.97. The van der Waals surface area contributed by atoms with Crippen LogP contribution in [0.5, 0.6) is 5.75 Å². The number of para-hydroxylation sites is 1. The molecule has 0 radical (unpaired) electrons. The summed E-state index contributed by atoms with van der Waals surface area (Å²) in [5.74, 6) is -1.14. The molecule has 2 aromatic carbocycles. The van der Waals surface area contributed by atoms with Crippen LogP contribution in [0, 0.1) is 11.7 Å². The van der Waals surface area contributed by atoms with Gasteiger partial charge in [-0.15, -0.1) is 0 Å². The number of hydrogen-bond donors (Lipinski definition) is 1. The van der Waals surface area contributed by atoms with Crippen LogP contribution in [0.15, 0.2) is 42.5 Å². The van der Waals surface area contributed by atoms with E-state index in [1.165, 1.54) is 24.1 Å². The molecule has 7 heteroatoms. The first-order chi connectivity index (χ1) is 12.0. The van der Waals surface area contributed by atoms with Crippen LogP contribution < -0.4 is 15.0 Å². The van der Waals surface area contributed by atoms with Crippen LogP contribution >= 0.6 is 11.6 Å². The number of anilines is 2. The van der Waals surface area contributed by atoms with Crippen molar-refractivity contribution in [3.63, 3.8) is 0 Å². The van der Waals surface area contributed by atoms with E-state index in [0.717, 1.165) is 0 Å². The lowest BCUT2D eigenvalue weighted by molar-refractivity contribution is -0.122. The van der Waals surface area contributed by atoms with Gasteiger partial charge >= 0.3 is 0 Å². The molecule has 5 nitrogen and oxygen atoms in total. The van der Waals surface area contributed by atoms with Crippen molar-refractivity contribution in [2.45, 2.75) is 6.42 Å². The lowest BCUT2D eigenvalue weighted by Gasteiger charge is -2.17. The minimum atomic E-state index is -0.562. The third-order valence-corrected chi connectivity index (χ3v) is 4.35. The van der Waals surface area contributed by atoms with E-state index in [-0.39, 0.29) is 30.5 Å². The van der Waals surface area contributed by atoms with Crippen LogP contribution in [0.3, 0.4) is 0 Å². The predicted molar refractivity (Wildman–Crippen MR) is 93.5 cm³/mol. The van der Waals surface area contributed by atoms with Crippen LogP contribution in [0.1, 0.15) is 6.42 Å². The smallest absolute Gasteiger partial charge is 0.229 e. The second-order valence-electron chi connectivity index (χ2n) is 5.70. The zero-order chi connectivity index (χ0) is 18.0. The van der Waals surface area contributed by atoms with Crippen LogP contribution in [0.2, 0.25) is 5.02 Å². The maximum Gasteiger partial charge on any atom is 0.229 e. The van der Waals surface area contributed by atoms with E-state index in [1.54, 1.807) is 30.3 Å². The minimum Gasteiger partial charge on any atom is -0.495 e. The summed E-state index contributed by atoms with van der Waals surface area (Å²) in [5.41, 5.74) is 0.697.